The first-order chi connectivity index (χ1) is 32.1. The highest BCUT2D eigenvalue weighted by molar-refractivity contribution is 7.27. The van der Waals surface area contributed by atoms with Crippen molar-refractivity contribution in [2.75, 3.05) is 0 Å². The lowest BCUT2D eigenvalue weighted by Gasteiger charge is -2.23. The molecule has 0 atom stereocenters. The van der Waals surface area contributed by atoms with Crippen molar-refractivity contribution in [1.82, 2.24) is 14.5 Å². The van der Waals surface area contributed by atoms with Gasteiger partial charge < -0.3 is 5.11 Å². The van der Waals surface area contributed by atoms with Gasteiger partial charge in [-0.2, -0.15) is 13.2 Å². The van der Waals surface area contributed by atoms with Crippen molar-refractivity contribution in [3.05, 3.63) is 168 Å². The Morgan fingerprint density at radius 1 is 0.574 bits per heavy atom. The van der Waals surface area contributed by atoms with Gasteiger partial charge in [-0.05, 0) is 92.8 Å². The zero-order chi connectivity index (χ0) is 48.1. The lowest BCUT2D eigenvalue weighted by Crippen LogP contribution is -2.12. The van der Waals surface area contributed by atoms with Crippen LogP contribution in [0.3, 0.4) is 0 Å². The van der Waals surface area contributed by atoms with Crippen LogP contribution in [0.15, 0.2) is 146 Å². The molecule has 8 heteroatoms. The quantitative estimate of drug-likeness (QED) is 0.181. The molecule has 0 aliphatic heterocycles. The second kappa shape index (κ2) is 16.2. The highest BCUT2D eigenvalue weighted by atomic mass is 32.1. The topological polar surface area (TPSA) is 50.9 Å². The van der Waals surface area contributed by atoms with Crippen molar-refractivity contribution in [2.24, 2.45) is 5.41 Å². The largest absolute Gasteiger partial charge is 0.507 e. The molecule has 10 aromatic rings. The lowest BCUT2D eigenvalue weighted by molar-refractivity contribution is -0.136. The van der Waals surface area contributed by atoms with Gasteiger partial charge >= 0.3 is 6.18 Å². The van der Waals surface area contributed by atoms with Crippen LogP contribution in [0.25, 0.3) is 92.7 Å². The van der Waals surface area contributed by atoms with E-state index in [4.69, 9.17) is 9.97 Å². The standard InChI is InChI=1S/C60H54F3N3OS/c1-57(2,3)34-35-29-38-23-26-41-44-33-47(64-52(37-19-14-11-15-20-37)55(44)68-54(41)51(38)46(30-35)60(61,62)63)42-21-16-22-49-53(42)65-56(45-32-40(59(7,8)9)25-28-50(45)67)66(49)48-27-24-39(58(4,5)6)31-43(48)36-17-12-10-13-18-36/h10-33,67H,34H2,1-9H3. The van der Waals surface area contributed by atoms with Crippen LogP contribution in [0.1, 0.15) is 84.6 Å². The number of halogens is 3. The average molecular weight is 922 g/mol. The fourth-order valence-corrected chi connectivity index (χ4v) is 10.9. The second-order valence-corrected chi connectivity index (χ2v) is 22.4. The number of thiophene rings is 1. The Bertz CT molecular complexity index is 3580. The number of pyridine rings is 1. The number of imidazole rings is 1. The molecule has 3 heterocycles. The molecule has 0 saturated heterocycles. The van der Waals surface area contributed by atoms with Gasteiger partial charge in [-0.25, -0.2) is 9.97 Å². The van der Waals surface area contributed by atoms with Crippen LogP contribution < -0.4 is 0 Å². The maximum absolute atomic E-state index is 15.2. The minimum atomic E-state index is -4.57. The molecule has 7 aromatic carbocycles. The van der Waals surface area contributed by atoms with Gasteiger partial charge in [0.25, 0.3) is 0 Å². The first kappa shape index (κ1) is 45.0. The summed E-state index contributed by atoms with van der Waals surface area (Å²) in [5.74, 6) is 0.675. The second-order valence-electron chi connectivity index (χ2n) is 21.4. The number of benzene rings is 7. The molecule has 0 fully saturated rings. The number of aromatic hydroxyl groups is 1. The fraction of sp³-hybridized carbons (Fsp3) is 0.233. The number of aromatic nitrogens is 3. The van der Waals surface area contributed by atoms with Crippen LogP contribution in [0.2, 0.25) is 0 Å². The predicted octanol–water partition coefficient (Wildman–Crippen LogP) is 17.5. The molecular formula is C60H54F3N3OS. The number of fused-ring (bicyclic) bond motifs is 6. The van der Waals surface area contributed by atoms with Crippen LogP contribution in [0.4, 0.5) is 13.2 Å². The Morgan fingerprint density at radius 2 is 1.22 bits per heavy atom. The number of hydrogen-bond donors (Lipinski definition) is 1. The van der Waals surface area contributed by atoms with E-state index in [-0.39, 0.29) is 27.4 Å². The van der Waals surface area contributed by atoms with E-state index in [0.717, 1.165) is 54.5 Å². The molecule has 68 heavy (non-hydrogen) atoms. The molecule has 0 aliphatic rings. The molecule has 4 nitrogen and oxygen atoms in total. The first-order valence-corrected chi connectivity index (χ1v) is 24.0. The number of nitrogens with zero attached hydrogens (tertiary/aromatic N) is 3. The first-order valence-electron chi connectivity index (χ1n) is 23.2. The zero-order valence-electron chi connectivity index (χ0n) is 39.9. The van der Waals surface area contributed by atoms with Gasteiger partial charge in [-0.15, -0.1) is 11.3 Å². The SMILES string of the molecule is CC(C)(C)Cc1cc(C(F)(F)F)c2c(ccc3c4cc(-c5cccc6c5nc(-c5cc(C(C)(C)C)ccc5O)n6-c5ccc(C(C)(C)C)cc5-c5ccccc5)nc(-c5ccccc5)c4sc32)c1. The van der Waals surface area contributed by atoms with Crippen LogP contribution >= 0.6 is 11.3 Å². The van der Waals surface area contributed by atoms with Crippen LogP contribution in [0, 0.1) is 5.41 Å². The third-order valence-corrected chi connectivity index (χ3v) is 14.2. The van der Waals surface area contributed by atoms with E-state index in [2.05, 4.69) is 82.5 Å². The van der Waals surface area contributed by atoms with E-state index in [9.17, 15) is 5.11 Å². The van der Waals surface area contributed by atoms with E-state index in [1.807, 2.05) is 118 Å². The molecule has 0 amide bonds. The molecule has 1 N–H and O–H groups in total. The Hall–Kier alpha value is -6.77. The van der Waals surface area contributed by atoms with Gasteiger partial charge in [0.1, 0.15) is 11.6 Å². The van der Waals surface area contributed by atoms with Crippen LogP contribution in [0.5, 0.6) is 5.75 Å². The summed E-state index contributed by atoms with van der Waals surface area (Å²) in [5, 5.41) is 14.1. The highest BCUT2D eigenvalue weighted by Gasteiger charge is 2.35. The molecule has 342 valence electrons. The molecule has 0 aliphatic carbocycles. The van der Waals surface area contributed by atoms with E-state index < -0.39 is 11.7 Å². The van der Waals surface area contributed by atoms with Crippen molar-refractivity contribution in [1.29, 1.82) is 0 Å². The van der Waals surface area contributed by atoms with Crippen molar-refractivity contribution >= 4 is 53.3 Å². The zero-order valence-corrected chi connectivity index (χ0v) is 40.7. The fourth-order valence-electron chi connectivity index (χ4n) is 9.58. The van der Waals surface area contributed by atoms with Crippen molar-refractivity contribution in [2.45, 2.75) is 85.7 Å². The number of para-hydroxylation sites is 1. The molecule has 3 aromatic heterocycles. The molecule has 10 rings (SSSR count). The number of rotatable bonds is 6. The van der Waals surface area contributed by atoms with E-state index in [1.54, 1.807) is 6.07 Å². The Kier molecular flexibility index (Phi) is 10.7. The van der Waals surface area contributed by atoms with Crippen molar-refractivity contribution in [3.63, 3.8) is 0 Å². The minimum absolute atomic E-state index is 0.107. The maximum Gasteiger partial charge on any atom is 0.417 e. The van der Waals surface area contributed by atoms with Crippen LogP contribution in [-0.4, -0.2) is 19.6 Å². The summed E-state index contributed by atoms with van der Waals surface area (Å²) in [5.41, 5.74) is 9.69. The summed E-state index contributed by atoms with van der Waals surface area (Å²) < 4.78 is 49.3. The van der Waals surface area contributed by atoms with Gasteiger partial charge in [-0.1, -0.05) is 165 Å². The van der Waals surface area contributed by atoms with Crippen LogP contribution in [-0.2, 0) is 23.4 Å². The maximum atomic E-state index is 15.2. The summed E-state index contributed by atoms with van der Waals surface area (Å²) in [4.78, 5) is 10.9. The number of alkyl halides is 3. The number of phenols is 1. The smallest absolute Gasteiger partial charge is 0.417 e. The van der Waals surface area contributed by atoms with E-state index in [1.165, 1.54) is 23.0 Å². The summed E-state index contributed by atoms with van der Waals surface area (Å²) in [7, 11) is 0. The summed E-state index contributed by atoms with van der Waals surface area (Å²) >= 11 is 1.37. The molecule has 0 bridgehead atoms. The summed E-state index contributed by atoms with van der Waals surface area (Å²) in [6, 6.07) is 47.8. The average Bonchev–Trinajstić information content (AvgIpc) is 3.86. The molecular weight excluding hydrogens is 868 g/mol. The van der Waals surface area contributed by atoms with Gasteiger partial charge in [0.2, 0.25) is 0 Å². The lowest BCUT2D eigenvalue weighted by atomic mass is 9.84. The Morgan fingerprint density at radius 3 is 1.87 bits per heavy atom. The van der Waals surface area contributed by atoms with Crippen molar-refractivity contribution < 1.29 is 18.3 Å². The molecule has 0 radical (unpaired) electrons. The molecule has 0 spiro atoms. The van der Waals surface area contributed by atoms with Gasteiger partial charge in [0.15, 0.2) is 0 Å². The third-order valence-electron chi connectivity index (χ3n) is 12.9. The Balaban J connectivity index is 1.29. The normalized spacial score (nSPS) is 12.8. The van der Waals surface area contributed by atoms with Gasteiger partial charge in [-0.3, -0.25) is 4.57 Å². The monoisotopic (exact) mass is 921 g/mol. The third kappa shape index (κ3) is 8.12. The molecule has 0 unspecified atom stereocenters. The molecule has 0 saturated carbocycles. The number of phenolic OH excluding ortho intramolecular Hbond substituents is 1. The Labute approximate surface area is 399 Å². The van der Waals surface area contributed by atoms with E-state index in [0.29, 0.717) is 50.4 Å². The number of hydrogen-bond acceptors (Lipinski definition) is 4. The minimum Gasteiger partial charge on any atom is -0.507 e. The van der Waals surface area contributed by atoms with Crippen molar-refractivity contribution in [3.8, 4) is 56.5 Å². The van der Waals surface area contributed by atoms with Gasteiger partial charge in [0, 0.05) is 37.5 Å². The predicted molar refractivity (Wildman–Crippen MR) is 278 cm³/mol. The summed E-state index contributed by atoms with van der Waals surface area (Å²) in [6.45, 7) is 19.2. The highest BCUT2D eigenvalue weighted by Crippen LogP contribution is 2.49. The van der Waals surface area contributed by atoms with E-state index >= 15 is 13.2 Å². The van der Waals surface area contributed by atoms with Gasteiger partial charge in [0.05, 0.1) is 43.9 Å². The summed E-state index contributed by atoms with van der Waals surface area (Å²) in [6.07, 6.45) is -4.05.